The first-order chi connectivity index (χ1) is 66.2. The molecular formula is C109H136F3N21O4. The summed E-state index contributed by atoms with van der Waals surface area (Å²) in [7, 11) is 11.0. The maximum atomic E-state index is 13.8. The van der Waals surface area contributed by atoms with Gasteiger partial charge < -0.3 is 19.6 Å². The van der Waals surface area contributed by atoms with Crippen LogP contribution in [0.25, 0.3) is 0 Å². The summed E-state index contributed by atoms with van der Waals surface area (Å²) in [5, 5.41) is 27.3. The van der Waals surface area contributed by atoms with E-state index in [0.717, 1.165) is 179 Å². The van der Waals surface area contributed by atoms with Crippen molar-refractivity contribution in [3.05, 3.63) is 228 Å². The summed E-state index contributed by atoms with van der Waals surface area (Å²) < 4.78 is 39.0. The zero-order chi connectivity index (χ0) is 96.1. The molecule has 4 saturated heterocycles. The number of nitriles is 3. The van der Waals surface area contributed by atoms with Crippen LogP contribution in [0.3, 0.4) is 0 Å². The fourth-order valence-corrected chi connectivity index (χ4v) is 25.0. The highest BCUT2D eigenvalue weighted by atomic mass is 19.4. The molecule has 3 aromatic heterocycles. The van der Waals surface area contributed by atoms with Gasteiger partial charge in [0.1, 0.15) is 12.1 Å². The lowest BCUT2D eigenvalue weighted by Gasteiger charge is -2.52. The molecule has 5 aromatic carbocycles. The van der Waals surface area contributed by atoms with Crippen LogP contribution >= 0.6 is 0 Å². The van der Waals surface area contributed by atoms with Crippen molar-refractivity contribution in [2.75, 3.05) is 127 Å². The predicted octanol–water partition coefficient (Wildman–Crippen LogP) is 20.2. The molecule has 28 heteroatoms. The number of rotatable bonds is 23. The molecule has 4 spiro atoms. The molecule has 8 saturated carbocycles. The SMILES string of the molecule is CCN(C)C1(c2ccccc2)CCC2(CC1)CN(c1ccc(C#N)cc1)C(=O)N2CC1CCC1.CCN(C)C1(c2ccccc2)CCC2(CC1)CN(c1cnc(C#N)nc1)C(=O)N2CC1CCC1.CCN(C)C1(c2ccccc2)CCC2(CC1)CN(c1cnc(C(F)(F)F)nc1)C(=O)N2CC1CCC1.CN(C)C1(c2ccccc2)CCC2(CC1)CN(c1cnc(C#N)nc1)C(=O)N2CC1CCC1. The fraction of sp³-hybridized carbons (Fsp3) is 0.550. The number of halogens is 3. The van der Waals surface area contributed by atoms with Crippen molar-refractivity contribution in [3.8, 4) is 18.2 Å². The quantitative estimate of drug-likeness (QED) is 0.0576. The number of aromatic nitrogens is 6. The summed E-state index contributed by atoms with van der Waals surface area (Å²) in [6.45, 7) is 15.3. The molecule has 0 bridgehead atoms. The van der Waals surface area contributed by atoms with Gasteiger partial charge in [-0.1, -0.05) is 168 Å². The second-order valence-corrected chi connectivity index (χ2v) is 41.7. The Balaban J connectivity index is 0.000000127. The lowest BCUT2D eigenvalue weighted by Crippen LogP contribution is -2.57. The first-order valence-electron chi connectivity index (χ1n) is 50.4. The van der Waals surface area contributed by atoms with Crippen molar-refractivity contribution < 1.29 is 32.3 Å². The summed E-state index contributed by atoms with van der Waals surface area (Å²) in [5.74, 6) is 1.42. The Morgan fingerprint density at radius 3 is 0.788 bits per heavy atom. The van der Waals surface area contributed by atoms with Gasteiger partial charge in [-0.25, -0.2) is 49.1 Å². The standard InChI is InChI=1S/C29H36N4O.C27H34F3N5O.C27H34N6O.C26H32N6O/c1-3-31(2)29(25-10-5-4-6-11-25)18-16-28(17-19-29)22-32(26-14-12-23(20-30)13-15-26)27(34)33(28)21-24-8-7-9-24;1-3-33(2)26(21-10-5-4-6-11-21)14-12-25(13-15-26)19-34(24(36)35(25)18-20-8-7-9-20)22-16-31-23(32-17-22)27(28,29)30;1-3-31(2)27(22-10-5-4-6-11-22)14-12-26(13-15-27)20-32(23-17-29-24(16-28)30-18-23)25(34)33(26)19-21-8-7-9-21;1-30(2)26(21-9-4-3-5-10-21)13-11-25(12-14-26)19-31(22-16-28-23(15-27)29-17-22)24(33)32(25)18-20-7-6-8-20/h4-6,10-15,24H,3,7-9,16-19,21-22H2,1-2H3;4-6,10-11,16-17,20H,3,7-9,12-15,18-19H2,1-2H3;4-6,10-11,17-18,21H,3,7-9,12-15,19-20H2,1-2H3;3-5,9-10,16-17,20H,6-8,11-14,18-19H2,1-2H3. The van der Waals surface area contributed by atoms with Gasteiger partial charge in [0, 0.05) is 54.0 Å². The zero-order valence-corrected chi connectivity index (χ0v) is 81.4. The highest BCUT2D eigenvalue weighted by Gasteiger charge is 2.61. The number of carbonyl (C=O) groups is 4. The van der Waals surface area contributed by atoms with Crippen LogP contribution < -0.4 is 19.6 Å². The van der Waals surface area contributed by atoms with E-state index in [1.807, 2.05) is 62.1 Å². The molecule has 4 aliphatic heterocycles. The van der Waals surface area contributed by atoms with Crippen LogP contribution in [-0.2, 0) is 28.3 Å². The molecule has 12 aliphatic rings. The van der Waals surface area contributed by atoms with Gasteiger partial charge in [0.15, 0.2) is 0 Å². The molecule has 0 radical (unpaired) electrons. The van der Waals surface area contributed by atoms with E-state index < -0.39 is 12.0 Å². The van der Waals surface area contributed by atoms with Gasteiger partial charge in [-0.15, -0.1) is 0 Å². The van der Waals surface area contributed by atoms with E-state index in [1.54, 1.807) is 29.7 Å². The van der Waals surface area contributed by atoms with Gasteiger partial charge in [0.05, 0.1) is 114 Å². The Kier molecular flexibility index (Phi) is 28.7. The zero-order valence-electron chi connectivity index (χ0n) is 81.4. The van der Waals surface area contributed by atoms with E-state index in [0.29, 0.717) is 72.5 Å². The largest absolute Gasteiger partial charge is 0.451 e. The third-order valence-electron chi connectivity index (χ3n) is 35.0. The van der Waals surface area contributed by atoms with Crippen molar-refractivity contribution in [2.45, 2.75) is 251 Å². The van der Waals surface area contributed by atoms with Crippen molar-refractivity contribution >= 4 is 46.9 Å². The van der Waals surface area contributed by atoms with Gasteiger partial charge in [-0.3, -0.25) is 39.2 Å². The van der Waals surface area contributed by atoms with Crippen LogP contribution in [0.5, 0.6) is 0 Å². The summed E-state index contributed by atoms with van der Waals surface area (Å²) in [6, 6.07) is 57.0. The highest BCUT2D eigenvalue weighted by molar-refractivity contribution is 5.98. The summed E-state index contributed by atoms with van der Waals surface area (Å²) in [5.41, 5.74) is 7.76. The lowest BCUT2D eigenvalue weighted by molar-refractivity contribution is -0.145. The number of urea groups is 4. The van der Waals surface area contributed by atoms with Crippen LogP contribution in [0.4, 0.5) is 55.1 Å². The molecule has 12 fully saturated rings. The Hall–Kier alpha value is -11.5. The topological polar surface area (TPSA) is 256 Å². The highest BCUT2D eigenvalue weighted by Crippen LogP contribution is 2.57. The minimum Gasteiger partial charge on any atom is -0.317 e. The average Bonchev–Trinajstić information content (AvgIpc) is 1.61. The van der Waals surface area contributed by atoms with E-state index in [2.05, 4.69) is 242 Å². The Labute approximate surface area is 807 Å². The molecule has 722 valence electrons. The van der Waals surface area contributed by atoms with Crippen molar-refractivity contribution in [2.24, 2.45) is 23.7 Å². The molecule has 0 atom stereocenters. The van der Waals surface area contributed by atoms with Crippen LogP contribution in [0.1, 0.15) is 246 Å². The van der Waals surface area contributed by atoms with E-state index in [-0.39, 0.29) is 80.1 Å². The van der Waals surface area contributed by atoms with E-state index in [1.165, 1.54) is 86.5 Å². The van der Waals surface area contributed by atoms with Crippen molar-refractivity contribution in [3.63, 3.8) is 0 Å². The molecule has 8 aromatic rings. The predicted molar refractivity (Wildman–Crippen MR) is 525 cm³/mol. The van der Waals surface area contributed by atoms with E-state index in [9.17, 15) is 37.6 Å². The number of amides is 8. The van der Waals surface area contributed by atoms with E-state index in [4.69, 9.17) is 10.5 Å². The van der Waals surface area contributed by atoms with Gasteiger partial charge in [-0.05, 0) is 279 Å². The van der Waals surface area contributed by atoms with Gasteiger partial charge in [0.2, 0.25) is 17.5 Å². The normalized spacial score (nSPS) is 27.4. The number of carbonyl (C=O) groups excluding carboxylic acids is 4. The molecule has 0 unspecified atom stereocenters. The van der Waals surface area contributed by atoms with Crippen molar-refractivity contribution in [1.82, 2.24) is 69.1 Å². The third-order valence-corrected chi connectivity index (χ3v) is 35.0. The summed E-state index contributed by atoms with van der Waals surface area (Å²) >= 11 is 0. The smallest absolute Gasteiger partial charge is 0.317 e. The van der Waals surface area contributed by atoms with E-state index >= 15 is 0 Å². The monoisotopic (exact) mass is 1860 g/mol. The second-order valence-electron chi connectivity index (χ2n) is 41.7. The minimum absolute atomic E-state index is 0.00256. The minimum atomic E-state index is -4.61. The van der Waals surface area contributed by atoms with Crippen LogP contribution in [0.15, 0.2) is 183 Å². The maximum Gasteiger partial charge on any atom is 0.451 e. The number of benzene rings is 5. The Bertz CT molecular complexity index is 5410. The van der Waals surface area contributed by atoms with Gasteiger partial charge in [0.25, 0.3) is 0 Å². The molecular weight excluding hydrogens is 1720 g/mol. The molecule has 25 nitrogen and oxygen atoms in total. The van der Waals surface area contributed by atoms with Crippen molar-refractivity contribution in [1.29, 1.82) is 15.8 Å². The number of alkyl halides is 3. The molecule has 8 amide bonds. The maximum absolute atomic E-state index is 13.8. The Morgan fingerprint density at radius 2 is 0.569 bits per heavy atom. The number of anilines is 4. The van der Waals surface area contributed by atoms with Gasteiger partial charge >= 0.3 is 30.3 Å². The summed E-state index contributed by atoms with van der Waals surface area (Å²) in [6.07, 6.45) is 34.3. The third kappa shape index (κ3) is 18.9. The second kappa shape index (κ2) is 40.5. The van der Waals surface area contributed by atoms with Crippen LogP contribution in [0, 0.1) is 57.7 Å². The Morgan fingerprint density at radius 1 is 0.328 bits per heavy atom. The van der Waals surface area contributed by atoms with Gasteiger partial charge in [-0.2, -0.15) is 29.0 Å². The molecule has 0 N–H and O–H groups in total. The summed E-state index contributed by atoms with van der Waals surface area (Å²) in [4.78, 5) is 104. The average molecular weight is 1860 g/mol. The number of hydrogen-bond acceptors (Lipinski definition) is 17. The molecule has 7 heterocycles. The number of nitrogens with zero attached hydrogens (tertiary/aromatic N) is 21. The fourth-order valence-electron chi connectivity index (χ4n) is 25.0. The first-order valence-corrected chi connectivity index (χ1v) is 50.4. The molecule has 8 aliphatic carbocycles. The molecule has 20 rings (SSSR count). The first kappa shape index (κ1) is 97.2. The van der Waals surface area contributed by atoms with Crippen LogP contribution in [-0.4, -0.2) is 223 Å². The number of hydrogen-bond donors (Lipinski definition) is 0. The lowest BCUT2D eigenvalue weighted by atomic mass is 9.68. The molecule has 137 heavy (non-hydrogen) atoms. The van der Waals surface area contributed by atoms with Crippen LogP contribution in [0.2, 0.25) is 0 Å².